The van der Waals surface area contributed by atoms with Gasteiger partial charge in [0.1, 0.15) is 6.10 Å². The van der Waals surface area contributed by atoms with Crippen LogP contribution in [0, 0.1) is 0 Å². The summed E-state index contributed by atoms with van der Waals surface area (Å²) in [5.74, 6) is 0.0638. The minimum atomic E-state index is -0.404. The maximum atomic E-state index is 12.3. The number of aromatic nitrogens is 1. The Bertz CT molecular complexity index is 400. The summed E-state index contributed by atoms with van der Waals surface area (Å²) < 4.78 is 5.41. The molecule has 0 unspecified atom stereocenters. The predicted octanol–water partition coefficient (Wildman–Crippen LogP) is 2.27. The SMILES string of the molecule is C=CCO[C@H](C)C(=O)N1CCC[C@@H]1c1ccc[nH]1. The molecule has 1 aromatic heterocycles. The minimum absolute atomic E-state index is 0.0638. The lowest BCUT2D eigenvalue weighted by atomic mass is 10.1. The van der Waals surface area contributed by atoms with Gasteiger partial charge in [-0.1, -0.05) is 6.08 Å². The lowest BCUT2D eigenvalue weighted by Gasteiger charge is -2.26. The van der Waals surface area contributed by atoms with E-state index in [1.165, 1.54) is 0 Å². The standard InChI is InChI=1S/C14H20N2O2/c1-3-10-18-11(2)14(17)16-9-5-7-13(16)12-6-4-8-15-12/h3-4,6,8,11,13,15H,1,5,7,9-10H2,2H3/t11-,13-/m1/s1. The molecule has 1 aliphatic rings. The zero-order valence-electron chi connectivity index (χ0n) is 10.8. The summed E-state index contributed by atoms with van der Waals surface area (Å²) >= 11 is 0. The normalized spacial score (nSPS) is 20.9. The summed E-state index contributed by atoms with van der Waals surface area (Å²) in [5.41, 5.74) is 1.11. The zero-order valence-corrected chi connectivity index (χ0v) is 10.8. The van der Waals surface area contributed by atoms with Gasteiger partial charge in [-0.25, -0.2) is 0 Å². The number of nitrogens with one attached hydrogen (secondary N) is 1. The third kappa shape index (κ3) is 2.64. The Morgan fingerprint density at radius 1 is 1.78 bits per heavy atom. The van der Waals surface area contributed by atoms with Gasteiger partial charge in [0, 0.05) is 18.4 Å². The van der Waals surface area contributed by atoms with Crippen molar-refractivity contribution in [2.45, 2.75) is 31.9 Å². The number of carbonyl (C=O) groups excluding carboxylic acids is 1. The number of hydrogen-bond donors (Lipinski definition) is 1. The van der Waals surface area contributed by atoms with E-state index in [2.05, 4.69) is 11.6 Å². The van der Waals surface area contributed by atoms with Gasteiger partial charge in [-0.3, -0.25) is 4.79 Å². The van der Waals surface area contributed by atoms with E-state index >= 15 is 0 Å². The van der Waals surface area contributed by atoms with Gasteiger partial charge in [0.2, 0.25) is 0 Å². The summed E-state index contributed by atoms with van der Waals surface area (Å²) in [5, 5.41) is 0. The molecule has 0 aliphatic carbocycles. The molecule has 0 aromatic carbocycles. The van der Waals surface area contributed by atoms with Gasteiger partial charge >= 0.3 is 0 Å². The molecule has 1 aliphatic heterocycles. The van der Waals surface area contributed by atoms with Crippen LogP contribution < -0.4 is 0 Å². The second kappa shape index (κ2) is 5.87. The molecule has 2 rings (SSSR count). The molecular weight excluding hydrogens is 228 g/mol. The number of amides is 1. The number of likely N-dealkylation sites (tertiary alicyclic amines) is 1. The first kappa shape index (κ1) is 12.9. The molecule has 0 radical (unpaired) electrons. The molecule has 2 heterocycles. The van der Waals surface area contributed by atoms with Crippen molar-refractivity contribution in [3.63, 3.8) is 0 Å². The van der Waals surface area contributed by atoms with E-state index in [9.17, 15) is 4.79 Å². The second-order valence-electron chi connectivity index (χ2n) is 4.58. The summed E-state index contributed by atoms with van der Waals surface area (Å²) in [6.07, 6.45) is 5.22. The number of hydrogen-bond acceptors (Lipinski definition) is 2. The summed E-state index contributed by atoms with van der Waals surface area (Å²) in [6, 6.07) is 4.17. The van der Waals surface area contributed by atoms with Crippen molar-refractivity contribution in [2.24, 2.45) is 0 Å². The van der Waals surface area contributed by atoms with Gasteiger partial charge in [-0.2, -0.15) is 0 Å². The summed E-state index contributed by atoms with van der Waals surface area (Å²) in [7, 11) is 0. The summed E-state index contributed by atoms with van der Waals surface area (Å²) in [6.45, 7) is 6.61. The van der Waals surface area contributed by atoms with Crippen molar-refractivity contribution in [3.8, 4) is 0 Å². The van der Waals surface area contributed by atoms with E-state index in [0.29, 0.717) is 6.61 Å². The number of aromatic amines is 1. The predicted molar refractivity (Wildman–Crippen MR) is 70.1 cm³/mol. The first-order valence-electron chi connectivity index (χ1n) is 6.40. The van der Waals surface area contributed by atoms with Gasteiger partial charge < -0.3 is 14.6 Å². The zero-order chi connectivity index (χ0) is 13.0. The molecule has 1 amide bonds. The van der Waals surface area contributed by atoms with Crippen LogP contribution in [0.1, 0.15) is 31.5 Å². The summed E-state index contributed by atoms with van der Waals surface area (Å²) in [4.78, 5) is 17.4. The number of nitrogens with zero attached hydrogens (tertiary/aromatic N) is 1. The molecule has 0 spiro atoms. The van der Waals surface area contributed by atoms with Crippen LogP contribution in [0.3, 0.4) is 0 Å². The Kier molecular flexibility index (Phi) is 4.20. The lowest BCUT2D eigenvalue weighted by molar-refractivity contribution is -0.143. The maximum Gasteiger partial charge on any atom is 0.251 e. The topological polar surface area (TPSA) is 45.3 Å². The van der Waals surface area contributed by atoms with E-state index in [1.807, 2.05) is 23.2 Å². The molecule has 98 valence electrons. The van der Waals surface area contributed by atoms with Crippen molar-refractivity contribution < 1.29 is 9.53 Å². The largest absolute Gasteiger partial charge is 0.365 e. The van der Waals surface area contributed by atoms with Crippen molar-refractivity contribution in [1.29, 1.82) is 0 Å². The molecule has 18 heavy (non-hydrogen) atoms. The van der Waals surface area contributed by atoms with Gasteiger partial charge in [-0.15, -0.1) is 6.58 Å². The molecule has 4 nitrogen and oxygen atoms in total. The number of ether oxygens (including phenoxy) is 1. The Morgan fingerprint density at radius 3 is 3.28 bits per heavy atom. The van der Waals surface area contributed by atoms with Gasteiger partial charge in [0.15, 0.2) is 0 Å². The van der Waals surface area contributed by atoms with Crippen LogP contribution in [0.25, 0.3) is 0 Å². The van der Waals surface area contributed by atoms with Crippen LogP contribution in [0.2, 0.25) is 0 Å². The van der Waals surface area contributed by atoms with E-state index in [4.69, 9.17) is 4.74 Å². The average Bonchev–Trinajstić information content (AvgIpc) is 3.03. The fourth-order valence-corrected chi connectivity index (χ4v) is 2.42. The van der Waals surface area contributed by atoms with Gasteiger partial charge in [0.05, 0.1) is 12.6 Å². The molecule has 1 N–H and O–H groups in total. The van der Waals surface area contributed by atoms with Crippen LogP contribution in [0.5, 0.6) is 0 Å². The Hall–Kier alpha value is -1.55. The van der Waals surface area contributed by atoms with E-state index in [-0.39, 0.29) is 11.9 Å². The smallest absolute Gasteiger partial charge is 0.251 e. The van der Waals surface area contributed by atoms with Gasteiger partial charge in [0.25, 0.3) is 5.91 Å². The molecule has 1 fully saturated rings. The van der Waals surface area contributed by atoms with Crippen LogP contribution in [0.4, 0.5) is 0 Å². The molecule has 0 saturated carbocycles. The highest BCUT2D eigenvalue weighted by Crippen LogP contribution is 2.31. The van der Waals surface area contributed by atoms with E-state index in [0.717, 1.165) is 25.1 Å². The lowest BCUT2D eigenvalue weighted by Crippen LogP contribution is -2.38. The average molecular weight is 248 g/mol. The maximum absolute atomic E-state index is 12.3. The first-order valence-corrected chi connectivity index (χ1v) is 6.40. The van der Waals surface area contributed by atoms with Crippen molar-refractivity contribution in [1.82, 2.24) is 9.88 Å². The Balaban J connectivity index is 2.02. The fourth-order valence-electron chi connectivity index (χ4n) is 2.42. The number of carbonyl (C=O) groups is 1. The van der Waals surface area contributed by atoms with Crippen molar-refractivity contribution >= 4 is 5.91 Å². The molecule has 1 saturated heterocycles. The highest BCUT2D eigenvalue weighted by molar-refractivity contribution is 5.81. The first-order chi connectivity index (χ1) is 8.74. The fraction of sp³-hybridized carbons (Fsp3) is 0.500. The van der Waals surface area contributed by atoms with Crippen LogP contribution >= 0.6 is 0 Å². The molecule has 4 heteroatoms. The second-order valence-corrected chi connectivity index (χ2v) is 4.58. The van der Waals surface area contributed by atoms with Crippen LogP contribution in [-0.4, -0.2) is 35.0 Å². The van der Waals surface area contributed by atoms with Crippen LogP contribution in [0.15, 0.2) is 31.0 Å². The third-order valence-corrected chi connectivity index (χ3v) is 3.33. The molecule has 1 aromatic rings. The quantitative estimate of drug-likeness (QED) is 0.812. The van der Waals surface area contributed by atoms with E-state index in [1.54, 1.807) is 13.0 Å². The molecule has 0 bridgehead atoms. The highest BCUT2D eigenvalue weighted by atomic mass is 16.5. The van der Waals surface area contributed by atoms with Crippen molar-refractivity contribution in [2.75, 3.05) is 13.2 Å². The van der Waals surface area contributed by atoms with Crippen LogP contribution in [-0.2, 0) is 9.53 Å². The van der Waals surface area contributed by atoms with E-state index < -0.39 is 6.10 Å². The number of H-pyrrole nitrogens is 1. The Morgan fingerprint density at radius 2 is 2.61 bits per heavy atom. The molecule has 2 atom stereocenters. The Labute approximate surface area is 108 Å². The third-order valence-electron chi connectivity index (χ3n) is 3.33. The molecular formula is C14H20N2O2. The monoisotopic (exact) mass is 248 g/mol. The minimum Gasteiger partial charge on any atom is -0.365 e. The number of rotatable bonds is 5. The van der Waals surface area contributed by atoms with Gasteiger partial charge in [-0.05, 0) is 31.9 Å². The van der Waals surface area contributed by atoms with Crippen molar-refractivity contribution in [3.05, 3.63) is 36.7 Å². The highest BCUT2D eigenvalue weighted by Gasteiger charge is 2.32.